The Bertz CT molecular complexity index is 308. The molecule has 1 aromatic rings. The van der Waals surface area contributed by atoms with Gasteiger partial charge in [-0.1, -0.05) is 0 Å². The SMILES string of the molecule is CC(NC(=O)CCN)c1nncn1C. The lowest BCUT2D eigenvalue weighted by Gasteiger charge is -2.12. The molecule has 0 fully saturated rings. The third kappa shape index (κ3) is 2.53. The molecule has 0 bridgehead atoms. The molecule has 1 heterocycles. The van der Waals surface area contributed by atoms with Gasteiger partial charge in [0.1, 0.15) is 6.33 Å². The highest BCUT2D eigenvalue weighted by Crippen LogP contribution is 2.06. The minimum absolute atomic E-state index is 0.0667. The van der Waals surface area contributed by atoms with E-state index in [1.54, 1.807) is 10.9 Å². The van der Waals surface area contributed by atoms with Crippen molar-refractivity contribution in [2.24, 2.45) is 12.8 Å². The summed E-state index contributed by atoms with van der Waals surface area (Å²) in [6.07, 6.45) is 1.93. The Morgan fingerprint density at radius 2 is 2.50 bits per heavy atom. The minimum Gasteiger partial charge on any atom is -0.346 e. The van der Waals surface area contributed by atoms with Crippen molar-refractivity contribution in [1.82, 2.24) is 20.1 Å². The molecule has 0 saturated heterocycles. The van der Waals surface area contributed by atoms with Crippen LogP contribution in [0, 0.1) is 0 Å². The van der Waals surface area contributed by atoms with Crippen molar-refractivity contribution in [2.45, 2.75) is 19.4 Å². The van der Waals surface area contributed by atoms with Crippen LogP contribution in [0.25, 0.3) is 0 Å². The van der Waals surface area contributed by atoms with Crippen LogP contribution in [-0.2, 0) is 11.8 Å². The molecule has 1 unspecified atom stereocenters. The van der Waals surface area contributed by atoms with Gasteiger partial charge >= 0.3 is 0 Å². The molecule has 78 valence electrons. The fourth-order valence-corrected chi connectivity index (χ4v) is 1.19. The zero-order valence-electron chi connectivity index (χ0n) is 8.40. The fraction of sp³-hybridized carbons (Fsp3) is 0.625. The average molecular weight is 197 g/mol. The first-order chi connectivity index (χ1) is 6.65. The minimum atomic E-state index is -0.137. The molecular weight excluding hydrogens is 182 g/mol. The number of nitrogens with two attached hydrogens (primary N) is 1. The number of nitrogens with one attached hydrogen (secondary N) is 1. The van der Waals surface area contributed by atoms with Crippen molar-refractivity contribution in [3.8, 4) is 0 Å². The molecule has 1 atom stereocenters. The van der Waals surface area contributed by atoms with E-state index in [1.807, 2.05) is 14.0 Å². The number of aromatic nitrogens is 3. The second-order valence-corrected chi connectivity index (χ2v) is 3.13. The summed E-state index contributed by atoms with van der Waals surface area (Å²) >= 11 is 0. The number of carbonyl (C=O) groups is 1. The van der Waals surface area contributed by atoms with Gasteiger partial charge in [0, 0.05) is 20.0 Å². The van der Waals surface area contributed by atoms with Gasteiger partial charge in [-0.15, -0.1) is 10.2 Å². The van der Waals surface area contributed by atoms with Gasteiger partial charge in [0.25, 0.3) is 0 Å². The molecule has 6 nitrogen and oxygen atoms in total. The van der Waals surface area contributed by atoms with Crippen molar-refractivity contribution in [1.29, 1.82) is 0 Å². The number of aryl methyl sites for hydroxylation is 1. The highest BCUT2D eigenvalue weighted by Gasteiger charge is 2.13. The maximum absolute atomic E-state index is 11.2. The third-order valence-electron chi connectivity index (χ3n) is 1.88. The van der Waals surface area contributed by atoms with Crippen molar-refractivity contribution in [3.63, 3.8) is 0 Å². The monoisotopic (exact) mass is 197 g/mol. The number of carbonyl (C=O) groups excluding carboxylic acids is 1. The molecule has 0 radical (unpaired) electrons. The number of rotatable bonds is 4. The van der Waals surface area contributed by atoms with Crippen LogP contribution in [0.15, 0.2) is 6.33 Å². The largest absolute Gasteiger partial charge is 0.346 e. The first kappa shape index (κ1) is 10.6. The first-order valence-electron chi connectivity index (χ1n) is 4.48. The number of hydrogen-bond donors (Lipinski definition) is 2. The Labute approximate surface area is 82.5 Å². The summed E-state index contributed by atoms with van der Waals surface area (Å²) in [5.41, 5.74) is 5.26. The van der Waals surface area contributed by atoms with E-state index >= 15 is 0 Å². The average Bonchev–Trinajstić information content (AvgIpc) is 2.51. The molecular formula is C8H15N5O. The first-order valence-corrected chi connectivity index (χ1v) is 4.48. The Balaban J connectivity index is 2.54. The van der Waals surface area contributed by atoms with Crippen molar-refractivity contribution in [3.05, 3.63) is 12.2 Å². The summed E-state index contributed by atoms with van der Waals surface area (Å²) in [6, 6.07) is -0.137. The lowest BCUT2D eigenvalue weighted by Crippen LogP contribution is -2.29. The molecule has 0 saturated carbocycles. The van der Waals surface area contributed by atoms with E-state index in [0.717, 1.165) is 5.82 Å². The van der Waals surface area contributed by atoms with Crippen molar-refractivity contribution in [2.75, 3.05) is 6.54 Å². The molecule has 1 aromatic heterocycles. The highest BCUT2D eigenvalue weighted by molar-refractivity contribution is 5.76. The van der Waals surface area contributed by atoms with Crippen LogP contribution < -0.4 is 11.1 Å². The van der Waals surface area contributed by atoms with E-state index in [4.69, 9.17) is 5.73 Å². The van der Waals surface area contributed by atoms with Crippen molar-refractivity contribution >= 4 is 5.91 Å². The molecule has 0 aliphatic carbocycles. The molecule has 3 N–H and O–H groups in total. The third-order valence-corrected chi connectivity index (χ3v) is 1.88. The summed E-state index contributed by atoms with van der Waals surface area (Å²) < 4.78 is 1.77. The van der Waals surface area contributed by atoms with E-state index in [0.29, 0.717) is 13.0 Å². The van der Waals surface area contributed by atoms with Gasteiger partial charge in [-0.05, 0) is 6.92 Å². The zero-order chi connectivity index (χ0) is 10.6. The Morgan fingerprint density at radius 1 is 1.79 bits per heavy atom. The van der Waals surface area contributed by atoms with Crippen LogP contribution in [0.4, 0.5) is 0 Å². The summed E-state index contributed by atoms with van der Waals surface area (Å²) in [4.78, 5) is 11.2. The number of amides is 1. The Morgan fingerprint density at radius 3 is 3.00 bits per heavy atom. The van der Waals surface area contributed by atoms with Gasteiger partial charge in [0.2, 0.25) is 5.91 Å². The van der Waals surface area contributed by atoms with Gasteiger partial charge in [-0.2, -0.15) is 0 Å². The molecule has 0 aliphatic rings. The van der Waals surface area contributed by atoms with Crippen LogP contribution in [0.1, 0.15) is 25.2 Å². The van der Waals surface area contributed by atoms with Crippen LogP contribution in [0.5, 0.6) is 0 Å². The molecule has 1 amide bonds. The second kappa shape index (κ2) is 4.71. The van der Waals surface area contributed by atoms with Crippen LogP contribution in [0.3, 0.4) is 0 Å². The van der Waals surface area contributed by atoms with Gasteiger partial charge < -0.3 is 15.6 Å². The van der Waals surface area contributed by atoms with Gasteiger partial charge in [0.15, 0.2) is 5.82 Å². The summed E-state index contributed by atoms with van der Waals surface area (Å²) in [5.74, 6) is 0.665. The van der Waals surface area contributed by atoms with Crippen LogP contribution >= 0.6 is 0 Å². The lowest BCUT2D eigenvalue weighted by molar-refractivity contribution is -0.121. The highest BCUT2D eigenvalue weighted by atomic mass is 16.1. The molecule has 14 heavy (non-hydrogen) atoms. The quantitative estimate of drug-likeness (QED) is 0.671. The molecule has 0 spiro atoms. The van der Waals surface area contributed by atoms with Crippen LogP contribution in [-0.4, -0.2) is 27.2 Å². The molecule has 1 rings (SSSR count). The second-order valence-electron chi connectivity index (χ2n) is 3.13. The van der Waals surface area contributed by atoms with Crippen LogP contribution in [0.2, 0.25) is 0 Å². The molecule has 6 heteroatoms. The summed E-state index contributed by atoms with van der Waals surface area (Å²) in [7, 11) is 1.83. The van der Waals surface area contributed by atoms with Gasteiger partial charge in [-0.25, -0.2) is 0 Å². The van der Waals surface area contributed by atoms with E-state index in [9.17, 15) is 4.79 Å². The van der Waals surface area contributed by atoms with E-state index in [-0.39, 0.29) is 11.9 Å². The normalized spacial score (nSPS) is 12.5. The van der Waals surface area contributed by atoms with Gasteiger partial charge in [-0.3, -0.25) is 4.79 Å². The predicted octanol–water partition coefficient (Wildman–Crippen LogP) is -0.659. The topological polar surface area (TPSA) is 85.8 Å². The lowest BCUT2D eigenvalue weighted by atomic mass is 10.3. The standard InChI is InChI=1S/C8H15N5O/c1-6(11-7(14)3-4-9)8-12-10-5-13(8)2/h5-6H,3-4,9H2,1-2H3,(H,11,14). The zero-order valence-corrected chi connectivity index (χ0v) is 8.40. The maximum atomic E-state index is 11.2. The van der Waals surface area contributed by atoms with E-state index in [1.165, 1.54) is 0 Å². The number of nitrogens with zero attached hydrogens (tertiary/aromatic N) is 3. The summed E-state index contributed by atoms with van der Waals surface area (Å²) in [6.45, 7) is 2.22. The Hall–Kier alpha value is -1.43. The van der Waals surface area contributed by atoms with Crippen molar-refractivity contribution < 1.29 is 4.79 Å². The summed E-state index contributed by atoms with van der Waals surface area (Å²) in [5, 5.41) is 10.4. The molecule has 0 aromatic carbocycles. The number of hydrogen-bond acceptors (Lipinski definition) is 4. The van der Waals surface area contributed by atoms with Gasteiger partial charge in [0.05, 0.1) is 6.04 Å². The fourth-order valence-electron chi connectivity index (χ4n) is 1.19. The van der Waals surface area contributed by atoms with E-state index in [2.05, 4.69) is 15.5 Å². The molecule has 0 aliphatic heterocycles. The predicted molar refractivity (Wildman–Crippen MR) is 51.2 cm³/mol. The smallest absolute Gasteiger partial charge is 0.221 e. The maximum Gasteiger partial charge on any atom is 0.221 e. The Kier molecular flexibility index (Phi) is 3.58. The van der Waals surface area contributed by atoms with E-state index < -0.39 is 0 Å².